The zero-order valence-corrected chi connectivity index (χ0v) is 8.63. The topological polar surface area (TPSA) is 17.1 Å². The van der Waals surface area contributed by atoms with Crippen molar-refractivity contribution in [3.05, 3.63) is 0 Å². The summed E-state index contributed by atoms with van der Waals surface area (Å²) in [6, 6.07) is 0. The molecule has 0 saturated carbocycles. The molecule has 1 aliphatic heterocycles. The van der Waals surface area contributed by atoms with Crippen molar-refractivity contribution in [2.24, 2.45) is 5.41 Å². The molecule has 1 heterocycles. The minimum Gasteiger partial charge on any atom is -0.303 e. The molecule has 0 unspecified atom stereocenters. The number of carbonyl (C=O) groups excluding carboxylic acids is 1. The summed E-state index contributed by atoms with van der Waals surface area (Å²) in [4.78, 5) is 10.8. The third-order valence-electron chi connectivity index (χ3n) is 2.41. The first-order valence-corrected chi connectivity index (χ1v) is 6.36. The highest BCUT2D eigenvalue weighted by Crippen LogP contribution is 2.46. The molecule has 0 aliphatic carbocycles. The van der Waals surface area contributed by atoms with Gasteiger partial charge in [-0.2, -0.15) is 0 Å². The smallest absolute Gasteiger partial charge is 0.126 e. The molecule has 1 nitrogen and oxygen atoms in total. The lowest BCUT2D eigenvalue weighted by molar-refractivity contribution is -0.115. The van der Waals surface area contributed by atoms with Crippen LogP contribution in [-0.2, 0) is 4.79 Å². The Morgan fingerprint density at radius 1 is 1.73 bits per heavy atom. The summed E-state index contributed by atoms with van der Waals surface area (Å²) in [7, 11) is 3.78. The van der Waals surface area contributed by atoms with Crippen molar-refractivity contribution in [3.63, 3.8) is 0 Å². The van der Waals surface area contributed by atoms with Crippen molar-refractivity contribution in [3.8, 4) is 0 Å². The molecule has 0 N–H and O–H groups in total. The van der Waals surface area contributed by atoms with E-state index in [9.17, 15) is 4.79 Å². The number of carbonyl (C=O) groups is 1. The Bertz CT molecular complexity index is 143. The number of hydrogen-bond acceptors (Lipinski definition) is 3. The lowest BCUT2D eigenvalue weighted by atomic mass is 9.84. The molecule has 0 amide bonds. The normalized spacial score (nSPS) is 29.8. The molecular weight excluding hydrogens is 176 g/mol. The summed E-state index contributed by atoms with van der Waals surface area (Å²) >= 11 is 0. The minimum absolute atomic E-state index is 0.0752. The van der Waals surface area contributed by atoms with Gasteiger partial charge in [0.1, 0.15) is 6.29 Å². The van der Waals surface area contributed by atoms with E-state index in [4.69, 9.17) is 0 Å². The lowest BCUT2D eigenvalue weighted by Gasteiger charge is -2.26. The predicted octanol–water partition coefficient (Wildman–Crippen LogP) is 2.76. The van der Waals surface area contributed by atoms with Crippen LogP contribution in [0.1, 0.15) is 26.7 Å². The number of hydrogen-bond donors (Lipinski definition) is 0. The van der Waals surface area contributed by atoms with E-state index in [1.165, 1.54) is 12.2 Å². The summed E-state index contributed by atoms with van der Waals surface area (Å²) < 4.78 is 0. The van der Waals surface area contributed by atoms with Crippen LogP contribution in [0.3, 0.4) is 0 Å². The highest BCUT2D eigenvalue weighted by molar-refractivity contribution is 8.77. The quantitative estimate of drug-likeness (QED) is 0.503. The van der Waals surface area contributed by atoms with E-state index >= 15 is 0 Å². The Kier molecular flexibility index (Phi) is 3.31. The second kappa shape index (κ2) is 3.85. The largest absolute Gasteiger partial charge is 0.303 e. The molecule has 0 aromatic carbocycles. The molecule has 2 atom stereocenters. The molecule has 3 heteroatoms. The predicted molar refractivity (Wildman–Crippen MR) is 52.9 cm³/mol. The van der Waals surface area contributed by atoms with Crippen molar-refractivity contribution in [2.75, 3.05) is 5.75 Å². The highest BCUT2D eigenvalue weighted by atomic mass is 33.1. The van der Waals surface area contributed by atoms with Crippen LogP contribution in [0.5, 0.6) is 0 Å². The molecule has 64 valence electrons. The molecular formula is C8H14OS2. The number of aldehydes is 1. The average molecular weight is 190 g/mol. The molecule has 1 saturated heterocycles. The molecule has 0 aromatic heterocycles. The first-order valence-electron chi connectivity index (χ1n) is 3.97. The van der Waals surface area contributed by atoms with Gasteiger partial charge in [-0.25, -0.2) is 0 Å². The van der Waals surface area contributed by atoms with E-state index in [1.54, 1.807) is 0 Å². The summed E-state index contributed by atoms with van der Waals surface area (Å²) in [6.07, 6.45) is 3.30. The van der Waals surface area contributed by atoms with Gasteiger partial charge in [-0.1, -0.05) is 35.4 Å². The molecule has 11 heavy (non-hydrogen) atoms. The molecule has 1 fully saturated rings. The molecule has 1 aliphatic rings. The highest BCUT2D eigenvalue weighted by Gasteiger charge is 2.35. The Morgan fingerprint density at radius 3 is 2.82 bits per heavy atom. The third kappa shape index (κ3) is 1.94. The van der Waals surface area contributed by atoms with Gasteiger partial charge in [0.15, 0.2) is 0 Å². The zero-order chi connectivity index (χ0) is 8.32. The van der Waals surface area contributed by atoms with Crippen LogP contribution in [0, 0.1) is 5.41 Å². The van der Waals surface area contributed by atoms with Crippen LogP contribution in [0.4, 0.5) is 0 Å². The van der Waals surface area contributed by atoms with E-state index in [2.05, 4.69) is 13.8 Å². The van der Waals surface area contributed by atoms with Gasteiger partial charge in [0.05, 0.1) is 0 Å². The maximum atomic E-state index is 10.8. The van der Waals surface area contributed by atoms with Crippen molar-refractivity contribution in [1.82, 2.24) is 0 Å². The maximum Gasteiger partial charge on any atom is 0.126 e. The van der Waals surface area contributed by atoms with E-state index in [1.807, 2.05) is 21.6 Å². The van der Waals surface area contributed by atoms with Gasteiger partial charge in [-0.3, -0.25) is 0 Å². The summed E-state index contributed by atoms with van der Waals surface area (Å²) in [6.45, 7) is 4.17. The monoisotopic (exact) mass is 190 g/mol. The Hall–Kier alpha value is 0.370. The van der Waals surface area contributed by atoms with Gasteiger partial charge in [0.25, 0.3) is 0 Å². The standard InChI is InChI=1S/C8H14OS2/c1-3-8(2,6-9)7-4-5-10-11-7/h6-7H,3-5H2,1-2H3/t7-,8-/m1/s1. The van der Waals surface area contributed by atoms with Crippen molar-refractivity contribution < 1.29 is 4.79 Å². The van der Waals surface area contributed by atoms with E-state index < -0.39 is 0 Å². The van der Waals surface area contributed by atoms with E-state index in [0.717, 1.165) is 12.7 Å². The fraction of sp³-hybridized carbons (Fsp3) is 0.875. The Labute approximate surface area is 76.1 Å². The third-order valence-corrected chi connectivity index (χ3v) is 5.56. The fourth-order valence-electron chi connectivity index (χ4n) is 1.16. The second-order valence-electron chi connectivity index (χ2n) is 3.17. The summed E-state index contributed by atoms with van der Waals surface area (Å²) in [5.41, 5.74) is -0.0752. The zero-order valence-electron chi connectivity index (χ0n) is 7.00. The van der Waals surface area contributed by atoms with Gasteiger partial charge in [0, 0.05) is 16.4 Å². The Morgan fingerprint density at radius 2 is 2.45 bits per heavy atom. The molecule has 0 radical (unpaired) electrons. The average Bonchev–Trinajstić information content (AvgIpc) is 2.55. The first-order chi connectivity index (χ1) is 5.23. The van der Waals surface area contributed by atoms with Gasteiger partial charge in [0.2, 0.25) is 0 Å². The lowest BCUT2D eigenvalue weighted by Crippen LogP contribution is -2.29. The second-order valence-corrected chi connectivity index (χ2v) is 5.86. The van der Waals surface area contributed by atoms with Crippen LogP contribution in [0.2, 0.25) is 0 Å². The molecule has 0 aromatic rings. The van der Waals surface area contributed by atoms with Crippen LogP contribution in [0.15, 0.2) is 0 Å². The molecule has 0 spiro atoms. The maximum absolute atomic E-state index is 10.8. The van der Waals surface area contributed by atoms with Gasteiger partial charge < -0.3 is 4.79 Å². The molecule has 1 rings (SSSR count). The SMILES string of the molecule is CC[C@](C)(C=O)[C@H]1CCSS1. The van der Waals surface area contributed by atoms with Crippen molar-refractivity contribution in [2.45, 2.75) is 31.9 Å². The minimum atomic E-state index is -0.0752. The van der Waals surface area contributed by atoms with Crippen LogP contribution in [0.25, 0.3) is 0 Å². The summed E-state index contributed by atoms with van der Waals surface area (Å²) in [5.74, 6) is 1.21. The van der Waals surface area contributed by atoms with Crippen molar-refractivity contribution >= 4 is 27.9 Å². The van der Waals surface area contributed by atoms with Crippen LogP contribution >= 0.6 is 21.6 Å². The first kappa shape index (κ1) is 9.46. The van der Waals surface area contributed by atoms with Gasteiger partial charge in [-0.15, -0.1) is 0 Å². The van der Waals surface area contributed by atoms with Crippen LogP contribution in [-0.4, -0.2) is 17.3 Å². The van der Waals surface area contributed by atoms with Gasteiger partial charge >= 0.3 is 0 Å². The number of rotatable bonds is 3. The van der Waals surface area contributed by atoms with E-state index in [0.29, 0.717) is 5.25 Å². The fourth-order valence-corrected chi connectivity index (χ4v) is 4.58. The summed E-state index contributed by atoms with van der Waals surface area (Å²) in [5, 5.41) is 0.551. The van der Waals surface area contributed by atoms with Crippen molar-refractivity contribution in [1.29, 1.82) is 0 Å². The van der Waals surface area contributed by atoms with E-state index in [-0.39, 0.29) is 5.41 Å². The van der Waals surface area contributed by atoms with Crippen LogP contribution < -0.4 is 0 Å². The van der Waals surface area contributed by atoms with Gasteiger partial charge in [-0.05, 0) is 12.8 Å². The molecule has 0 bridgehead atoms. The Balaban J connectivity index is 2.59.